The number of rotatable bonds is 4. The molecule has 0 rings (SSSR count). The van der Waals surface area contributed by atoms with Crippen molar-refractivity contribution in [3.63, 3.8) is 0 Å². The number of ether oxygens (including phenoxy) is 1. The highest BCUT2D eigenvalue weighted by molar-refractivity contribution is 5.71. The first-order chi connectivity index (χ1) is 7.29. The zero-order valence-corrected chi connectivity index (χ0v) is 10.3. The van der Waals surface area contributed by atoms with E-state index in [4.69, 9.17) is 20.1 Å². The van der Waals surface area contributed by atoms with E-state index in [0.717, 1.165) is 5.76 Å². The number of hydrogen-bond acceptors (Lipinski definition) is 5. The molecule has 0 aliphatic rings. The molecule has 0 radical (unpaired) electrons. The highest BCUT2D eigenvalue weighted by atomic mass is 16.9. The van der Waals surface area contributed by atoms with Gasteiger partial charge in [-0.2, -0.15) is 0 Å². The molecule has 0 N–H and O–H groups in total. The minimum Gasteiger partial charge on any atom is -0.487 e. The van der Waals surface area contributed by atoms with Crippen molar-refractivity contribution in [2.45, 2.75) is 6.92 Å². The minimum atomic E-state index is -1.75. The summed E-state index contributed by atoms with van der Waals surface area (Å²) in [6.45, 7) is 2.68. The lowest BCUT2D eigenvalue weighted by molar-refractivity contribution is -0.459. The van der Waals surface area contributed by atoms with Crippen molar-refractivity contribution < 1.29 is 14.4 Å². The second-order valence-electron chi connectivity index (χ2n) is 3.24. The Kier molecular flexibility index (Phi) is 10.1. The summed E-state index contributed by atoms with van der Waals surface area (Å²) < 4.78 is 7.35. The molecule has 0 aromatic carbocycles. The van der Waals surface area contributed by atoms with Gasteiger partial charge in [-0.05, 0) is 6.92 Å². The molecule has 0 aliphatic heterocycles. The Labute approximate surface area is 95.4 Å². The fraction of sp³-hybridized carbons (Fsp3) is 0.667. The quantitative estimate of drug-likeness (QED) is 0.232. The molecular weight excluding hydrogens is 214 g/mol. The van der Waals surface area contributed by atoms with Crippen molar-refractivity contribution in [2.75, 3.05) is 34.8 Å². The first kappa shape index (κ1) is 16.6. The summed E-state index contributed by atoms with van der Waals surface area (Å²) in [6, 6.07) is 0. The smallest absolute Gasteiger partial charge is 0.206 e. The summed E-state index contributed by atoms with van der Waals surface area (Å²) in [5.41, 5.74) is 0. The van der Waals surface area contributed by atoms with E-state index in [-0.39, 0.29) is 0 Å². The third kappa shape index (κ3) is 18.1. The Bertz CT molecular complexity index is 253. The minimum absolute atomic E-state index is 0.698. The van der Waals surface area contributed by atoms with Gasteiger partial charge in [-0.3, -0.25) is 0 Å². The number of allylic oxidation sites excluding steroid dienone is 1. The highest BCUT2D eigenvalue weighted by Gasteiger charge is 1.97. The molecule has 0 saturated heterocycles. The fourth-order valence-corrected chi connectivity index (χ4v) is 0.783. The van der Waals surface area contributed by atoms with Crippen LogP contribution >= 0.6 is 0 Å². The van der Waals surface area contributed by atoms with Crippen molar-refractivity contribution in [2.24, 2.45) is 0 Å². The fourth-order valence-electron chi connectivity index (χ4n) is 0.783. The molecule has 0 heterocycles. The predicted molar refractivity (Wildman–Crippen MR) is 61.9 cm³/mol. The maximum atomic E-state index is 8.25. The van der Waals surface area contributed by atoms with Crippen molar-refractivity contribution in [3.8, 4) is 0 Å². The van der Waals surface area contributed by atoms with E-state index in [1.807, 2.05) is 57.0 Å². The molecule has 7 heteroatoms. The third-order valence-electron chi connectivity index (χ3n) is 1.08. The zero-order chi connectivity index (χ0) is 13.1. The van der Waals surface area contributed by atoms with E-state index >= 15 is 0 Å². The maximum absolute atomic E-state index is 8.25. The van der Waals surface area contributed by atoms with Crippen molar-refractivity contribution in [1.29, 1.82) is 0 Å². The van der Waals surface area contributed by atoms with E-state index in [0.29, 0.717) is 6.61 Å². The van der Waals surface area contributed by atoms with Crippen molar-refractivity contribution in [3.05, 3.63) is 27.3 Å². The Morgan fingerprint density at radius 3 is 2.06 bits per heavy atom. The molecule has 16 heavy (non-hydrogen) atoms. The molecule has 0 atom stereocenters. The van der Waals surface area contributed by atoms with Crippen LogP contribution in [0.5, 0.6) is 0 Å². The van der Waals surface area contributed by atoms with Crippen LogP contribution in [0.4, 0.5) is 0 Å². The largest absolute Gasteiger partial charge is 0.487 e. The summed E-state index contributed by atoms with van der Waals surface area (Å²) in [7, 11) is 7.90. The van der Waals surface area contributed by atoms with Gasteiger partial charge < -0.3 is 25.0 Å². The van der Waals surface area contributed by atoms with Crippen molar-refractivity contribution in [1.82, 2.24) is 4.90 Å². The Balaban J connectivity index is 0. The molecule has 0 saturated carbocycles. The van der Waals surface area contributed by atoms with Gasteiger partial charge in [0.1, 0.15) is 14.1 Å². The molecule has 0 aromatic rings. The number of hydrogen-bond donors (Lipinski definition) is 0. The number of nitrogens with zero attached hydrogens (tertiary/aromatic N) is 3. The normalized spacial score (nSPS) is 9.69. The van der Waals surface area contributed by atoms with E-state index in [9.17, 15) is 0 Å². The van der Waals surface area contributed by atoms with Gasteiger partial charge in [0, 0.05) is 20.3 Å². The van der Waals surface area contributed by atoms with Crippen LogP contribution < -0.4 is 0 Å². The van der Waals surface area contributed by atoms with E-state index in [2.05, 4.69) is 0 Å². The molecule has 94 valence electrons. The van der Waals surface area contributed by atoms with Gasteiger partial charge in [-0.15, -0.1) is 0 Å². The van der Waals surface area contributed by atoms with Gasteiger partial charge in [0.05, 0.1) is 11.7 Å². The summed E-state index contributed by atoms with van der Waals surface area (Å²) in [5.74, 6) is 0.882. The zero-order valence-electron chi connectivity index (χ0n) is 10.3. The standard InChI is InChI=1S/C9H19N2O.NO3/c1-6-12-9(7-10(2)3)8-11(4)5;2-1(3)4/h7-8H,6H2,1-5H3;/q+1;-1. The second kappa shape index (κ2) is 9.75. The molecule has 0 aromatic heterocycles. The summed E-state index contributed by atoms with van der Waals surface area (Å²) >= 11 is 0. The Morgan fingerprint density at radius 2 is 1.81 bits per heavy atom. The molecular formula is C9H19N3O4. The van der Waals surface area contributed by atoms with Crippen LogP contribution in [0.1, 0.15) is 6.92 Å². The maximum Gasteiger partial charge on any atom is 0.206 e. The van der Waals surface area contributed by atoms with Crippen LogP contribution in [0.15, 0.2) is 12.0 Å². The Hall–Kier alpha value is -1.79. The SMILES string of the molecule is CCO/C(C=[N+](C)C)=C\N(C)C.O=[N+]([O-])[O-]. The van der Waals surface area contributed by atoms with E-state index < -0.39 is 5.09 Å². The van der Waals surface area contributed by atoms with Crippen LogP contribution in [-0.2, 0) is 4.74 Å². The highest BCUT2D eigenvalue weighted by Crippen LogP contribution is 1.94. The topological polar surface area (TPSA) is 81.7 Å². The average molecular weight is 233 g/mol. The first-order valence-electron chi connectivity index (χ1n) is 4.63. The molecule has 7 nitrogen and oxygen atoms in total. The van der Waals surface area contributed by atoms with E-state index in [1.54, 1.807) is 0 Å². The predicted octanol–water partition coefficient (Wildman–Crippen LogP) is 0.530. The van der Waals surface area contributed by atoms with Crippen LogP contribution in [0.3, 0.4) is 0 Å². The lowest BCUT2D eigenvalue weighted by Crippen LogP contribution is -2.09. The van der Waals surface area contributed by atoms with Gasteiger partial charge >= 0.3 is 0 Å². The van der Waals surface area contributed by atoms with Gasteiger partial charge in [0.2, 0.25) is 6.21 Å². The van der Waals surface area contributed by atoms with Gasteiger partial charge in [-0.25, -0.2) is 4.58 Å². The van der Waals surface area contributed by atoms with Crippen molar-refractivity contribution >= 4 is 6.21 Å². The lowest BCUT2D eigenvalue weighted by atomic mass is 10.5. The van der Waals surface area contributed by atoms with Crippen LogP contribution in [0.2, 0.25) is 0 Å². The molecule has 0 unspecified atom stereocenters. The van der Waals surface area contributed by atoms with Crippen LogP contribution in [-0.4, -0.2) is 55.6 Å². The molecule has 0 spiro atoms. The average Bonchev–Trinajstić information content (AvgIpc) is 1.99. The Morgan fingerprint density at radius 1 is 1.38 bits per heavy atom. The molecule has 0 aliphatic carbocycles. The van der Waals surface area contributed by atoms with E-state index in [1.165, 1.54) is 0 Å². The lowest BCUT2D eigenvalue weighted by Gasteiger charge is -2.07. The first-order valence-corrected chi connectivity index (χ1v) is 4.63. The third-order valence-corrected chi connectivity index (χ3v) is 1.08. The summed E-state index contributed by atoms with van der Waals surface area (Å²) in [5, 5.41) is 14.8. The molecule has 0 bridgehead atoms. The summed E-state index contributed by atoms with van der Waals surface area (Å²) in [6.07, 6.45) is 3.90. The summed E-state index contributed by atoms with van der Waals surface area (Å²) in [4.78, 5) is 10.2. The van der Waals surface area contributed by atoms with Crippen LogP contribution in [0, 0.1) is 15.3 Å². The van der Waals surface area contributed by atoms with Gasteiger partial charge in [0.25, 0.3) is 0 Å². The van der Waals surface area contributed by atoms with Gasteiger partial charge in [0.15, 0.2) is 5.76 Å². The van der Waals surface area contributed by atoms with Crippen LogP contribution in [0.25, 0.3) is 0 Å². The van der Waals surface area contributed by atoms with Gasteiger partial charge in [-0.1, -0.05) is 0 Å². The monoisotopic (exact) mass is 233 g/mol. The molecule has 0 fully saturated rings. The molecule has 0 amide bonds. The second-order valence-corrected chi connectivity index (χ2v) is 3.24.